The van der Waals surface area contributed by atoms with Gasteiger partial charge in [-0.1, -0.05) is 30.3 Å². The third-order valence-electron chi connectivity index (χ3n) is 4.92. The highest BCUT2D eigenvalue weighted by Crippen LogP contribution is 2.45. The Kier molecular flexibility index (Phi) is 6.70. The second-order valence-corrected chi connectivity index (χ2v) is 6.82. The van der Waals surface area contributed by atoms with Crippen LogP contribution in [0.15, 0.2) is 30.3 Å². The van der Waals surface area contributed by atoms with Gasteiger partial charge in [0.05, 0.1) is 20.1 Å². The first kappa shape index (κ1) is 22.7. The predicted octanol–water partition coefficient (Wildman–Crippen LogP) is 0.0415. The Morgan fingerprint density at radius 2 is 1.70 bits per heavy atom. The Labute approximate surface area is 172 Å². The van der Waals surface area contributed by atoms with Crippen molar-refractivity contribution in [1.82, 2.24) is 9.80 Å². The van der Waals surface area contributed by atoms with E-state index in [2.05, 4.69) is 4.74 Å². The fourth-order valence-electron chi connectivity index (χ4n) is 3.11. The number of esters is 2. The molecule has 3 rings (SSSR count). The van der Waals surface area contributed by atoms with E-state index >= 15 is 0 Å². The van der Waals surface area contributed by atoms with Crippen molar-refractivity contribution in [3.8, 4) is 0 Å². The number of imide groups is 2. The minimum atomic E-state index is -1.88. The van der Waals surface area contributed by atoms with Crippen LogP contribution in [0.3, 0.4) is 0 Å². The summed E-state index contributed by atoms with van der Waals surface area (Å²) in [6.45, 7) is 2.72. The number of amides is 4. The van der Waals surface area contributed by atoms with Crippen molar-refractivity contribution in [1.29, 1.82) is 0 Å². The van der Waals surface area contributed by atoms with Gasteiger partial charge in [-0.3, -0.25) is 38.6 Å². The van der Waals surface area contributed by atoms with E-state index in [1.807, 2.05) is 6.07 Å². The summed E-state index contributed by atoms with van der Waals surface area (Å²) in [7, 11) is 2.55. The molecule has 0 aromatic heterocycles. The smallest absolute Gasteiger partial charge is 0.326 e. The molecule has 0 aliphatic carbocycles. The number of likely N-dealkylation sites (tertiary alicyclic amines) is 1. The third kappa shape index (κ3) is 4.07. The first-order valence-corrected chi connectivity index (χ1v) is 8.98. The predicted molar refractivity (Wildman–Crippen MR) is 100 cm³/mol. The Morgan fingerprint density at radius 1 is 1.13 bits per heavy atom. The number of carbonyl (C=O) groups excluding carboxylic acids is 6. The van der Waals surface area contributed by atoms with Gasteiger partial charge in [-0.15, -0.1) is 0 Å². The molecule has 10 heteroatoms. The van der Waals surface area contributed by atoms with Crippen molar-refractivity contribution in [3.63, 3.8) is 0 Å². The lowest BCUT2D eigenvalue weighted by Crippen LogP contribution is -2.43. The second-order valence-electron chi connectivity index (χ2n) is 6.82. The van der Waals surface area contributed by atoms with E-state index in [4.69, 9.17) is 4.74 Å². The van der Waals surface area contributed by atoms with Gasteiger partial charge in [-0.05, 0) is 5.56 Å². The molecule has 10 nitrogen and oxygen atoms in total. The summed E-state index contributed by atoms with van der Waals surface area (Å²) in [5, 5.41) is 0. The van der Waals surface area contributed by atoms with Crippen LogP contribution >= 0.6 is 0 Å². The van der Waals surface area contributed by atoms with Crippen LogP contribution in [0.4, 0.5) is 0 Å². The average Bonchev–Trinajstić information content (AvgIpc) is 3.16. The normalized spacial score (nSPS) is 21.9. The van der Waals surface area contributed by atoms with Crippen LogP contribution in [0, 0.1) is 5.41 Å². The van der Waals surface area contributed by atoms with E-state index in [1.54, 1.807) is 24.3 Å². The SMILES string of the molecule is CC(=O)N(C)C(C)=O.COC(=O)[C@@]12CC(=O)O[C@@H]1C(=O)N(Cc1ccccc1)C2=O. The summed E-state index contributed by atoms with van der Waals surface area (Å²) in [5.41, 5.74) is -1.15. The van der Waals surface area contributed by atoms with Gasteiger partial charge in [0.15, 0.2) is 0 Å². The average molecular weight is 418 g/mol. The van der Waals surface area contributed by atoms with Gasteiger partial charge in [0.1, 0.15) is 0 Å². The number of hydrogen-bond donors (Lipinski definition) is 0. The molecule has 4 amide bonds. The van der Waals surface area contributed by atoms with Crippen molar-refractivity contribution >= 4 is 35.6 Å². The summed E-state index contributed by atoms with van der Waals surface area (Å²) >= 11 is 0. The molecular weight excluding hydrogens is 396 g/mol. The highest BCUT2D eigenvalue weighted by atomic mass is 16.6. The van der Waals surface area contributed by atoms with Crippen molar-refractivity contribution in [2.45, 2.75) is 32.9 Å². The van der Waals surface area contributed by atoms with Crippen LogP contribution in [-0.2, 0) is 44.8 Å². The van der Waals surface area contributed by atoms with Crippen LogP contribution in [0.5, 0.6) is 0 Å². The molecule has 0 saturated carbocycles. The lowest BCUT2D eigenvalue weighted by molar-refractivity contribution is -0.160. The maximum absolute atomic E-state index is 12.6. The first-order valence-electron chi connectivity index (χ1n) is 8.98. The standard InChI is InChI=1S/C15H13NO6.C5H9NO2/c1-21-14(20)15-7-10(17)22-11(15)12(18)16(13(15)19)8-9-5-3-2-4-6-9;1-4(7)6(3)5(2)8/h2-6,11H,7-8H2,1H3;1-3H3/t11-,15+;/m1./s1. The molecule has 30 heavy (non-hydrogen) atoms. The number of ether oxygens (including phenoxy) is 2. The number of fused-ring (bicyclic) bond motifs is 1. The van der Waals surface area contributed by atoms with Crippen LogP contribution in [0.1, 0.15) is 25.8 Å². The lowest BCUT2D eigenvalue weighted by Gasteiger charge is -2.19. The van der Waals surface area contributed by atoms with Gasteiger partial charge in [0, 0.05) is 20.9 Å². The zero-order valence-corrected chi connectivity index (χ0v) is 17.0. The molecule has 2 aliphatic heterocycles. The zero-order chi connectivity index (χ0) is 22.6. The second kappa shape index (κ2) is 8.85. The Bertz CT molecular complexity index is 883. The van der Waals surface area contributed by atoms with Crippen molar-refractivity contribution in [2.24, 2.45) is 5.41 Å². The van der Waals surface area contributed by atoms with E-state index in [9.17, 15) is 28.8 Å². The molecule has 2 atom stereocenters. The van der Waals surface area contributed by atoms with Gasteiger partial charge in [-0.25, -0.2) is 0 Å². The lowest BCUT2D eigenvalue weighted by atomic mass is 9.82. The van der Waals surface area contributed by atoms with Crippen molar-refractivity contribution in [3.05, 3.63) is 35.9 Å². The van der Waals surface area contributed by atoms with Crippen LogP contribution in [0.25, 0.3) is 0 Å². The van der Waals surface area contributed by atoms with E-state index < -0.39 is 41.7 Å². The maximum Gasteiger partial charge on any atom is 0.326 e. The van der Waals surface area contributed by atoms with Crippen molar-refractivity contribution in [2.75, 3.05) is 14.2 Å². The number of nitrogens with zero attached hydrogens (tertiary/aromatic N) is 2. The summed E-state index contributed by atoms with van der Waals surface area (Å²) in [4.78, 5) is 71.2. The monoisotopic (exact) mass is 418 g/mol. The van der Waals surface area contributed by atoms with Gasteiger partial charge >= 0.3 is 11.9 Å². The van der Waals surface area contributed by atoms with Crippen LogP contribution < -0.4 is 0 Å². The molecule has 2 fully saturated rings. The topological polar surface area (TPSA) is 127 Å². The number of hydrogen-bond acceptors (Lipinski definition) is 8. The van der Waals surface area contributed by atoms with Crippen LogP contribution in [-0.4, -0.2) is 65.6 Å². The molecule has 2 aliphatic rings. The molecule has 2 heterocycles. The Morgan fingerprint density at radius 3 is 2.17 bits per heavy atom. The number of carbonyl (C=O) groups is 6. The third-order valence-corrected chi connectivity index (χ3v) is 4.92. The number of rotatable bonds is 3. The fourth-order valence-corrected chi connectivity index (χ4v) is 3.11. The fraction of sp³-hybridized carbons (Fsp3) is 0.400. The first-order chi connectivity index (χ1) is 14.1. The maximum atomic E-state index is 12.6. The molecule has 0 unspecified atom stereocenters. The van der Waals surface area contributed by atoms with Gasteiger partial charge < -0.3 is 9.47 Å². The minimum Gasteiger partial charge on any atom is -0.468 e. The highest BCUT2D eigenvalue weighted by molar-refractivity contribution is 6.21. The molecule has 0 bridgehead atoms. The molecule has 160 valence electrons. The largest absolute Gasteiger partial charge is 0.468 e. The van der Waals surface area contributed by atoms with E-state index in [0.717, 1.165) is 22.5 Å². The number of benzene rings is 1. The quantitative estimate of drug-likeness (QED) is 0.382. The summed E-state index contributed by atoms with van der Waals surface area (Å²) in [5.74, 6) is -3.56. The van der Waals surface area contributed by atoms with Gasteiger partial charge in [0.25, 0.3) is 11.8 Å². The van der Waals surface area contributed by atoms with E-state index in [0.29, 0.717) is 0 Å². The number of methoxy groups -OCH3 is 1. The molecule has 0 N–H and O–H groups in total. The molecular formula is C20H22N2O8. The van der Waals surface area contributed by atoms with Gasteiger partial charge in [0.2, 0.25) is 23.3 Å². The Balaban J connectivity index is 0.000000343. The van der Waals surface area contributed by atoms with E-state index in [1.165, 1.54) is 20.9 Å². The summed E-state index contributed by atoms with van der Waals surface area (Å²) in [6, 6.07) is 8.87. The van der Waals surface area contributed by atoms with Crippen molar-refractivity contribution < 1.29 is 38.2 Å². The van der Waals surface area contributed by atoms with Gasteiger partial charge in [-0.2, -0.15) is 0 Å². The zero-order valence-electron chi connectivity index (χ0n) is 17.0. The molecule has 1 aromatic rings. The highest BCUT2D eigenvalue weighted by Gasteiger charge is 2.71. The summed E-state index contributed by atoms with van der Waals surface area (Å²) < 4.78 is 9.54. The molecule has 2 saturated heterocycles. The molecule has 1 aromatic carbocycles. The molecule has 0 radical (unpaired) electrons. The Hall–Kier alpha value is -3.56. The summed E-state index contributed by atoms with van der Waals surface area (Å²) in [6.07, 6.45) is -1.90. The molecule has 0 spiro atoms. The minimum absolute atomic E-state index is 0.0191. The van der Waals surface area contributed by atoms with Crippen LogP contribution in [0.2, 0.25) is 0 Å². The van der Waals surface area contributed by atoms with E-state index in [-0.39, 0.29) is 18.4 Å².